The molecular weight excluding hydrogens is 172 g/mol. The monoisotopic (exact) mass is 176 g/mol. The minimum atomic E-state index is 0.488. The van der Waals surface area contributed by atoms with Gasteiger partial charge in [0.05, 0.1) is 0 Å². The van der Waals surface area contributed by atoms with Crippen molar-refractivity contribution in [2.45, 2.75) is 0 Å². The average molecular weight is 176 g/mol. The normalized spacial score (nSPS) is 11.4. The maximum Gasteiger partial charge on any atom is 0.157 e. The fourth-order valence-electron chi connectivity index (χ4n) is 1.30. The molecule has 1 aromatic carbocycles. The van der Waals surface area contributed by atoms with Crippen molar-refractivity contribution >= 4 is 22.1 Å². The molecule has 64 valence electrons. The van der Waals surface area contributed by atoms with Gasteiger partial charge >= 0.3 is 0 Å². The number of benzene rings is 1. The number of hydrogen-bond acceptors (Lipinski definition) is 5. The van der Waals surface area contributed by atoms with E-state index >= 15 is 0 Å². The fourth-order valence-corrected chi connectivity index (χ4v) is 1.30. The van der Waals surface area contributed by atoms with E-state index in [1.54, 1.807) is 12.1 Å². The average Bonchev–Trinajstić information content (AvgIpc) is 2.70. The number of nitrogens with one attached hydrogen (secondary N) is 1. The summed E-state index contributed by atoms with van der Waals surface area (Å²) in [4.78, 5) is 0.800. The SMILES string of the molecule is On1[nH]nc2ccc3nnnc3c21. The Morgan fingerprint density at radius 1 is 1.23 bits per heavy atom. The molecule has 0 saturated heterocycles. The summed E-state index contributed by atoms with van der Waals surface area (Å²) in [5, 5.41) is 26.6. The van der Waals surface area contributed by atoms with Gasteiger partial charge < -0.3 is 5.21 Å². The molecule has 7 nitrogen and oxygen atoms in total. The molecule has 0 spiro atoms. The molecule has 0 radical (unpaired) electrons. The van der Waals surface area contributed by atoms with Gasteiger partial charge in [-0.25, -0.2) is 0 Å². The van der Waals surface area contributed by atoms with Crippen molar-refractivity contribution in [2.24, 2.45) is 0 Å². The summed E-state index contributed by atoms with van der Waals surface area (Å²) in [6.45, 7) is 0. The van der Waals surface area contributed by atoms with E-state index in [9.17, 15) is 5.21 Å². The molecule has 3 rings (SSSR count). The number of fused-ring (bicyclic) bond motifs is 3. The van der Waals surface area contributed by atoms with Crippen LogP contribution >= 0.6 is 0 Å². The van der Waals surface area contributed by atoms with Crippen molar-refractivity contribution in [3.05, 3.63) is 12.1 Å². The van der Waals surface area contributed by atoms with Crippen LogP contribution in [0.5, 0.6) is 0 Å². The van der Waals surface area contributed by atoms with Crippen LogP contribution in [0.2, 0.25) is 0 Å². The van der Waals surface area contributed by atoms with Crippen LogP contribution in [-0.2, 0) is 0 Å². The Balaban J connectivity index is 2.70. The van der Waals surface area contributed by atoms with Gasteiger partial charge in [0.25, 0.3) is 0 Å². The van der Waals surface area contributed by atoms with E-state index in [1.807, 2.05) is 0 Å². The summed E-state index contributed by atoms with van der Waals surface area (Å²) < 4.78 is 0. The smallest absolute Gasteiger partial charge is 0.157 e. The first-order valence-corrected chi connectivity index (χ1v) is 3.60. The summed E-state index contributed by atoms with van der Waals surface area (Å²) >= 11 is 0. The first-order chi connectivity index (χ1) is 6.36. The molecule has 0 atom stereocenters. The molecule has 2 aromatic heterocycles. The van der Waals surface area contributed by atoms with Crippen molar-refractivity contribution in [3.8, 4) is 0 Å². The number of aromatic amines is 1. The van der Waals surface area contributed by atoms with E-state index in [0.29, 0.717) is 22.1 Å². The van der Waals surface area contributed by atoms with Crippen LogP contribution in [0.25, 0.3) is 22.1 Å². The Kier molecular flexibility index (Phi) is 0.950. The van der Waals surface area contributed by atoms with Crippen LogP contribution in [0.1, 0.15) is 0 Å². The van der Waals surface area contributed by atoms with E-state index in [4.69, 9.17) is 0 Å². The molecule has 0 saturated carbocycles. The predicted octanol–water partition coefficient (Wildman–Crippen LogP) is -0.0601. The van der Waals surface area contributed by atoms with Crippen LogP contribution in [0.15, 0.2) is 12.1 Å². The second kappa shape index (κ2) is 1.94. The lowest BCUT2D eigenvalue weighted by molar-refractivity contribution is 0.155. The first-order valence-electron chi connectivity index (χ1n) is 3.60. The third kappa shape index (κ3) is 0.675. The zero-order valence-corrected chi connectivity index (χ0v) is 6.34. The highest BCUT2D eigenvalue weighted by atomic mass is 16.5. The quantitative estimate of drug-likeness (QED) is 0.468. The minimum Gasteiger partial charge on any atom is -0.412 e. The molecular formula is C6H4N6O. The van der Waals surface area contributed by atoms with Gasteiger partial charge in [0.2, 0.25) is 0 Å². The highest BCUT2D eigenvalue weighted by molar-refractivity contribution is 5.99. The highest BCUT2D eigenvalue weighted by Crippen LogP contribution is 2.18. The third-order valence-corrected chi connectivity index (χ3v) is 1.88. The van der Waals surface area contributed by atoms with Gasteiger partial charge in [-0.1, -0.05) is 0 Å². The standard InChI is InChI=1S/C6H4N6O/c13-12-6-4(8-11-12)2-1-3-5(6)9-10-7-3/h1-2,11,13H. The lowest BCUT2D eigenvalue weighted by Crippen LogP contribution is -1.92. The molecule has 2 heterocycles. The Hall–Kier alpha value is -2.18. The number of rotatable bonds is 0. The van der Waals surface area contributed by atoms with Crippen LogP contribution in [0.3, 0.4) is 0 Å². The third-order valence-electron chi connectivity index (χ3n) is 1.88. The Morgan fingerprint density at radius 2 is 2.08 bits per heavy atom. The topological polar surface area (TPSA) is 92.5 Å². The maximum absolute atomic E-state index is 9.33. The molecule has 0 unspecified atom stereocenters. The Morgan fingerprint density at radius 3 is 3.00 bits per heavy atom. The van der Waals surface area contributed by atoms with Crippen LogP contribution in [-0.4, -0.2) is 35.8 Å². The Bertz CT molecular complexity index is 581. The summed E-state index contributed by atoms with van der Waals surface area (Å²) in [5.74, 6) is 0. The first kappa shape index (κ1) is 6.35. The van der Waals surface area contributed by atoms with Crippen molar-refractivity contribution < 1.29 is 5.21 Å². The molecule has 0 fully saturated rings. The lowest BCUT2D eigenvalue weighted by atomic mass is 10.3. The van der Waals surface area contributed by atoms with E-state index in [1.165, 1.54) is 0 Å². The molecule has 13 heavy (non-hydrogen) atoms. The number of H-pyrrole nitrogens is 1. The Labute approximate surface area is 70.9 Å². The van der Waals surface area contributed by atoms with E-state index in [-0.39, 0.29) is 0 Å². The van der Waals surface area contributed by atoms with Crippen molar-refractivity contribution in [3.63, 3.8) is 0 Å². The van der Waals surface area contributed by atoms with Gasteiger partial charge in [0.15, 0.2) is 5.52 Å². The molecule has 3 aromatic rings. The number of nitrogens with zero attached hydrogens (tertiary/aromatic N) is 5. The maximum atomic E-state index is 9.33. The molecule has 0 aliphatic carbocycles. The summed E-state index contributed by atoms with van der Waals surface area (Å²) in [6, 6.07) is 3.48. The summed E-state index contributed by atoms with van der Waals surface area (Å²) in [7, 11) is 0. The molecule has 0 bridgehead atoms. The van der Waals surface area contributed by atoms with E-state index in [0.717, 1.165) is 4.85 Å². The second-order valence-corrected chi connectivity index (χ2v) is 2.61. The fraction of sp³-hybridized carbons (Fsp3) is 0. The van der Waals surface area contributed by atoms with Crippen LogP contribution < -0.4 is 0 Å². The van der Waals surface area contributed by atoms with Gasteiger partial charge in [-0.3, -0.25) is 0 Å². The van der Waals surface area contributed by atoms with E-state index in [2.05, 4.69) is 25.7 Å². The highest BCUT2D eigenvalue weighted by Gasteiger charge is 2.09. The number of aromatic nitrogens is 6. The predicted molar refractivity (Wildman–Crippen MR) is 42.2 cm³/mol. The molecule has 0 aliphatic rings. The molecule has 7 heteroatoms. The number of hydrogen-bond donors (Lipinski definition) is 2. The van der Waals surface area contributed by atoms with Gasteiger partial charge in [0, 0.05) is 0 Å². The molecule has 2 N–H and O–H groups in total. The molecule has 0 amide bonds. The molecule has 0 aliphatic heterocycles. The van der Waals surface area contributed by atoms with Gasteiger partial charge in [0.1, 0.15) is 16.6 Å². The van der Waals surface area contributed by atoms with Crippen LogP contribution in [0, 0.1) is 0 Å². The lowest BCUT2D eigenvalue weighted by Gasteiger charge is -1.90. The van der Waals surface area contributed by atoms with Crippen molar-refractivity contribution in [1.82, 2.24) is 30.6 Å². The van der Waals surface area contributed by atoms with Gasteiger partial charge in [-0.05, 0) is 17.3 Å². The largest absolute Gasteiger partial charge is 0.412 e. The summed E-state index contributed by atoms with van der Waals surface area (Å²) in [6.07, 6.45) is 0. The van der Waals surface area contributed by atoms with Crippen molar-refractivity contribution in [1.29, 1.82) is 0 Å². The zero-order chi connectivity index (χ0) is 8.84. The minimum absolute atomic E-state index is 0.488. The van der Waals surface area contributed by atoms with Gasteiger partial charge in [-0.15, -0.1) is 15.0 Å². The zero-order valence-electron chi connectivity index (χ0n) is 6.34. The second-order valence-electron chi connectivity index (χ2n) is 2.61. The summed E-state index contributed by atoms with van der Waals surface area (Å²) in [5.41, 5.74) is 2.28. The van der Waals surface area contributed by atoms with Crippen molar-refractivity contribution in [2.75, 3.05) is 0 Å². The van der Waals surface area contributed by atoms with Gasteiger partial charge in [-0.2, -0.15) is 10.3 Å². The van der Waals surface area contributed by atoms with E-state index < -0.39 is 0 Å². The van der Waals surface area contributed by atoms with Crippen LogP contribution in [0.4, 0.5) is 0 Å².